The van der Waals surface area contributed by atoms with Gasteiger partial charge in [-0.05, 0) is 48.6 Å². The molecule has 1 amide bonds. The highest BCUT2D eigenvalue weighted by Crippen LogP contribution is 2.27. The molecule has 0 aliphatic heterocycles. The van der Waals surface area contributed by atoms with Gasteiger partial charge in [-0.2, -0.15) is 0 Å². The van der Waals surface area contributed by atoms with Gasteiger partial charge in [0.2, 0.25) is 0 Å². The van der Waals surface area contributed by atoms with Gasteiger partial charge in [0, 0.05) is 5.69 Å². The summed E-state index contributed by atoms with van der Waals surface area (Å²) in [7, 11) is 2.92. The summed E-state index contributed by atoms with van der Waals surface area (Å²) in [6, 6.07) is 10.6. The van der Waals surface area contributed by atoms with Crippen LogP contribution in [0.15, 0.2) is 42.5 Å². The molecule has 2 rings (SSSR count). The molecular weight excluding hydrogens is 319 g/mol. The highest BCUT2D eigenvalue weighted by atomic mass is 32.1. The first-order valence-corrected chi connectivity index (χ1v) is 7.05. The summed E-state index contributed by atoms with van der Waals surface area (Å²) < 4.78 is 23.2. The molecule has 2 N–H and O–H groups in total. The first kappa shape index (κ1) is 16.7. The van der Waals surface area contributed by atoms with E-state index in [0.29, 0.717) is 17.2 Å². The smallest absolute Gasteiger partial charge is 0.264 e. The van der Waals surface area contributed by atoms with Gasteiger partial charge in [-0.25, -0.2) is 4.39 Å². The van der Waals surface area contributed by atoms with Gasteiger partial charge >= 0.3 is 0 Å². The van der Waals surface area contributed by atoms with Crippen molar-refractivity contribution in [2.24, 2.45) is 0 Å². The number of methoxy groups -OCH3 is 2. The van der Waals surface area contributed by atoms with E-state index < -0.39 is 5.91 Å². The predicted molar refractivity (Wildman–Crippen MR) is 89.6 cm³/mol. The Hall–Kier alpha value is -2.67. The summed E-state index contributed by atoms with van der Waals surface area (Å²) >= 11 is 5.09. The van der Waals surface area contributed by atoms with Crippen molar-refractivity contribution in [2.75, 3.05) is 19.5 Å². The lowest BCUT2D eigenvalue weighted by atomic mass is 10.1. The lowest BCUT2D eigenvalue weighted by molar-refractivity contribution is 0.0971. The van der Waals surface area contributed by atoms with Gasteiger partial charge in [0.05, 0.1) is 14.2 Å². The summed E-state index contributed by atoms with van der Waals surface area (Å²) in [6.45, 7) is 0. The number of rotatable bonds is 4. The maximum absolute atomic E-state index is 12.9. The number of benzene rings is 2. The highest BCUT2D eigenvalue weighted by molar-refractivity contribution is 7.80. The molecule has 0 aliphatic rings. The Bertz CT molecular complexity index is 698. The predicted octanol–water partition coefficient (Wildman–Crippen LogP) is 2.97. The van der Waals surface area contributed by atoms with E-state index in [2.05, 4.69) is 10.6 Å². The van der Waals surface area contributed by atoms with Gasteiger partial charge in [0.1, 0.15) is 22.9 Å². The first-order valence-electron chi connectivity index (χ1n) is 6.64. The topological polar surface area (TPSA) is 59.6 Å². The van der Waals surface area contributed by atoms with E-state index in [0.717, 1.165) is 0 Å². The van der Waals surface area contributed by atoms with Gasteiger partial charge in [-0.3, -0.25) is 10.1 Å². The van der Waals surface area contributed by atoms with Crippen LogP contribution in [0.5, 0.6) is 11.5 Å². The number of carbonyl (C=O) groups is 1. The number of hydrogen-bond acceptors (Lipinski definition) is 4. The van der Waals surface area contributed by atoms with Crippen LogP contribution < -0.4 is 20.1 Å². The van der Waals surface area contributed by atoms with Crippen molar-refractivity contribution < 1.29 is 18.7 Å². The molecule has 0 saturated carbocycles. The van der Waals surface area contributed by atoms with Crippen LogP contribution >= 0.6 is 12.2 Å². The Morgan fingerprint density at radius 1 is 1.04 bits per heavy atom. The van der Waals surface area contributed by atoms with Crippen molar-refractivity contribution in [3.8, 4) is 11.5 Å². The zero-order valence-corrected chi connectivity index (χ0v) is 13.4. The molecule has 7 heteroatoms. The van der Waals surface area contributed by atoms with Gasteiger partial charge in [-0.15, -0.1) is 0 Å². The van der Waals surface area contributed by atoms with Crippen LogP contribution in [0.4, 0.5) is 10.1 Å². The Morgan fingerprint density at radius 2 is 1.61 bits per heavy atom. The standard InChI is InChI=1S/C16H15FN2O3S/c1-21-12-4-3-5-13(22-2)14(12)15(20)19-16(23)18-11-8-6-10(17)7-9-11/h3-9H,1-2H3,(H2,18,19,20,23). The molecular formula is C16H15FN2O3S. The van der Waals surface area contributed by atoms with Gasteiger partial charge in [0.15, 0.2) is 5.11 Å². The van der Waals surface area contributed by atoms with Crippen LogP contribution in [0.25, 0.3) is 0 Å². The molecule has 23 heavy (non-hydrogen) atoms. The molecule has 0 saturated heterocycles. The summed E-state index contributed by atoms with van der Waals surface area (Å²) in [5.74, 6) is -0.0963. The number of nitrogens with one attached hydrogen (secondary N) is 2. The molecule has 0 aromatic heterocycles. The third kappa shape index (κ3) is 4.17. The zero-order valence-electron chi connectivity index (χ0n) is 12.6. The summed E-state index contributed by atoms with van der Waals surface area (Å²) in [6.07, 6.45) is 0. The van der Waals surface area contributed by atoms with Crippen LogP contribution in [0, 0.1) is 5.82 Å². The maximum Gasteiger partial charge on any atom is 0.264 e. The number of carbonyl (C=O) groups excluding carboxylic acids is 1. The van der Waals surface area contributed by atoms with Crippen molar-refractivity contribution in [3.63, 3.8) is 0 Å². The largest absolute Gasteiger partial charge is 0.496 e. The number of amides is 1. The van der Waals surface area contributed by atoms with E-state index in [1.165, 1.54) is 38.5 Å². The lowest BCUT2D eigenvalue weighted by Crippen LogP contribution is -2.34. The summed E-state index contributed by atoms with van der Waals surface area (Å²) in [5.41, 5.74) is 0.796. The molecule has 0 spiro atoms. The SMILES string of the molecule is COc1cccc(OC)c1C(=O)NC(=S)Nc1ccc(F)cc1. The molecule has 2 aromatic rings. The number of hydrogen-bond donors (Lipinski definition) is 2. The fraction of sp³-hybridized carbons (Fsp3) is 0.125. The van der Waals surface area contributed by atoms with Crippen LogP contribution in [0.3, 0.4) is 0 Å². The minimum Gasteiger partial charge on any atom is -0.496 e. The third-order valence-corrected chi connectivity index (χ3v) is 3.19. The van der Waals surface area contributed by atoms with Gasteiger partial charge in [-0.1, -0.05) is 6.07 Å². The van der Waals surface area contributed by atoms with Crippen molar-refractivity contribution in [1.82, 2.24) is 5.32 Å². The van der Waals surface area contributed by atoms with Crippen molar-refractivity contribution in [3.05, 3.63) is 53.8 Å². The second kappa shape index (κ2) is 7.55. The molecule has 0 fully saturated rings. The van der Waals surface area contributed by atoms with E-state index >= 15 is 0 Å². The average molecular weight is 334 g/mol. The second-order valence-corrected chi connectivity index (χ2v) is 4.86. The minimum absolute atomic E-state index is 0.0783. The number of halogens is 1. The van der Waals surface area contributed by atoms with E-state index in [1.807, 2.05) is 0 Å². The third-order valence-electron chi connectivity index (χ3n) is 2.98. The Morgan fingerprint density at radius 3 is 2.13 bits per heavy atom. The first-order chi connectivity index (χ1) is 11.0. The summed E-state index contributed by atoms with van der Waals surface area (Å²) in [4.78, 5) is 12.4. The molecule has 120 valence electrons. The van der Waals surface area contributed by atoms with E-state index in [-0.39, 0.29) is 16.5 Å². The van der Waals surface area contributed by atoms with Gasteiger partial charge in [0.25, 0.3) is 5.91 Å². The molecule has 0 atom stereocenters. The van der Waals surface area contributed by atoms with Gasteiger partial charge < -0.3 is 14.8 Å². The van der Waals surface area contributed by atoms with E-state index in [9.17, 15) is 9.18 Å². The van der Waals surface area contributed by atoms with E-state index in [1.54, 1.807) is 18.2 Å². The number of anilines is 1. The van der Waals surface area contributed by atoms with Crippen molar-refractivity contribution in [2.45, 2.75) is 0 Å². The fourth-order valence-electron chi connectivity index (χ4n) is 1.94. The average Bonchev–Trinajstić information content (AvgIpc) is 2.55. The molecule has 0 unspecified atom stereocenters. The van der Waals surface area contributed by atoms with E-state index in [4.69, 9.17) is 21.7 Å². The Balaban J connectivity index is 2.12. The molecule has 0 heterocycles. The van der Waals surface area contributed by atoms with Crippen molar-refractivity contribution in [1.29, 1.82) is 0 Å². The summed E-state index contributed by atoms with van der Waals surface area (Å²) in [5, 5.41) is 5.41. The van der Waals surface area contributed by atoms with Crippen LogP contribution in [-0.2, 0) is 0 Å². The molecule has 5 nitrogen and oxygen atoms in total. The molecule has 0 bridgehead atoms. The fourth-order valence-corrected chi connectivity index (χ4v) is 2.15. The van der Waals surface area contributed by atoms with Crippen LogP contribution in [0.2, 0.25) is 0 Å². The number of ether oxygens (including phenoxy) is 2. The molecule has 2 aromatic carbocycles. The number of thiocarbonyl (C=S) groups is 1. The van der Waals surface area contributed by atoms with Crippen LogP contribution in [-0.4, -0.2) is 25.2 Å². The maximum atomic E-state index is 12.9. The zero-order chi connectivity index (χ0) is 16.8. The Labute approximate surface area is 138 Å². The van der Waals surface area contributed by atoms with Crippen LogP contribution in [0.1, 0.15) is 10.4 Å². The normalized spacial score (nSPS) is 9.87. The quantitative estimate of drug-likeness (QED) is 0.842. The monoisotopic (exact) mass is 334 g/mol. The van der Waals surface area contributed by atoms with Crippen molar-refractivity contribution >= 4 is 28.9 Å². The highest BCUT2D eigenvalue weighted by Gasteiger charge is 2.19. The minimum atomic E-state index is -0.473. The second-order valence-electron chi connectivity index (χ2n) is 4.45. The molecule has 0 aliphatic carbocycles. The Kier molecular flexibility index (Phi) is 5.48. The lowest BCUT2D eigenvalue weighted by Gasteiger charge is -2.14. The molecule has 0 radical (unpaired) electrons.